The number of piperidine rings is 1. The third-order valence-electron chi connectivity index (χ3n) is 5.24. The molecule has 28 heavy (non-hydrogen) atoms. The number of anilines is 1. The van der Waals surface area contributed by atoms with Crippen molar-refractivity contribution in [2.24, 2.45) is 0 Å². The first-order chi connectivity index (χ1) is 13.7. The Hall–Kier alpha value is -2.90. The van der Waals surface area contributed by atoms with Gasteiger partial charge in [0.25, 0.3) is 0 Å². The smallest absolute Gasteiger partial charge is 0.321 e. The van der Waals surface area contributed by atoms with Crippen LogP contribution in [0.5, 0.6) is 0 Å². The zero-order valence-corrected chi connectivity index (χ0v) is 16.0. The minimum absolute atomic E-state index is 0.128. The molecular weight excluding hydrogens is 372 g/mol. The molecular formula is C21H20N4O2S. The molecule has 5 rings (SSSR count). The summed E-state index contributed by atoms with van der Waals surface area (Å²) in [5.41, 5.74) is 2.74. The number of carbonyl (C=O) groups excluding carboxylic acids is 1. The van der Waals surface area contributed by atoms with Gasteiger partial charge in [-0.25, -0.2) is 4.79 Å². The van der Waals surface area contributed by atoms with Gasteiger partial charge in [0, 0.05) is 39.3 Å². The average molecular weight is 392 g/mol. The predicted molar refractivity (Wildman–Crippen MR) is 113 cm³/mol. The van der Waals surface area contributed by atoms with Gasteiger partial charge in [0.2, 0.25) is 0 Å². The average Bonchev–Trinajstić information content (AvgIpc) is 3.34. The van der Waals surface area contributed by atoms with Crippen LogP contribution >= 0.6 is 11.3 Å². The number of amides is 2. The fourth-order valence-electron chi connectivity index (χ4n) is 3.71. The molecule has 2 amide bonds. The quantitative estimate of drug-likeness (QED) is 0.472. The zero-order chi connectivity index (χ0) is 19.1. The van der Waals surface area contributed by atoms with Gasteiger partial charge in [-0.3, -0.25) is 5.10 Å². The monoisotopic (exact) mass is 392 g/mol. The largest absolute Gasteiger partial charge is 0.393 e. The summed E-state index contributed by atoms with van der Waals surface area (Å²) in [6.45, 7) is 1.15. The first kappa shape index (κ1) is 17.2. The van der Waals surface area contributed by atoms with Crippen molar-refractivity contribution in [1.82, 2.24) is 15.1 Å². The van der Waals surface area contributed by atoms with E-state index in [1.807, 2.05) is 24.3 Å². The number of nitrogens with one attached hydrogen (secondary N) is 2. The summed E-state index contributed by atoms with van der Waals surface area (Å²) in [5, 5.41) is 22.1. The highest BCUT2D eigenvalue weighted by Gasteiger charge is 2.22. The minimum atomic E-state index is -0.300. The van der Waals surface area contributed by atoms with Gasteiger partial charge in [0.1, 0.15) is 0 Å². The van der Waals surface area contributed by atoms with Gasteiger partial charge < -0.3 is 15.3 Å². The Bertz CT molecular complexity index is 1120. The molecule has 2 aromatic carbocycles. The van der Waals surface area contributed by atoms with E-state index in [0.717, 1.165) is 27.0 Å². The third kappa shape index (κ3) is 3.12. The first-order valence-corrected chi connectivity index (χ1v) is 10.2. The van der Waals surface area contributed by atoms with Gasteiger partial charge in [-0.15, -0.1) is 11.3 Å². The molecule has 2 aromatic heterocycles. The molecule has 3 N–H and O–H groups in total. The summed E-state index contributed by atoms with van der Waals surface area (Å²) in [6, 6.07) is 14.3. The van der Waals surface area contributed by atoms with Crippen molar-refractivity contribution >= 4 is 44.0 Å². The second-order valence-corrected chi connectivity index (χ2v) is 8.24. The number of H-pyrrole nitrogens is 1. The number of carbonyl (C=O) groups is 1. The minimum Gasteiger partial charge on any atom is -0.393 e. The van der Waals surface area contributed by atoms with E-state index in [0.29, 0.717) is 25.9 Å². The van der Waals surface area contributed by atoms with Crippen LogP contribution in [-0.4, -0.2) is 45.4 Å². The predicted octanol–water partition coefficient (Wildman–Crippen LogP) is 4.43. The molecule has 0 bridgehead atoms. The Morgan fingerprint density at radius 2 is 2.00 bits per heavy atom. The van der Waals surface area contributed by atoms with Gasteiger partial charge in [-0.2, -0.15) is 5.10 Å². The molecule has 0 radical (unpaired) electrons. The highest BCUT2D eigenvalue weighted by Crippen LogP contribution is 2.38. The molecule has 0 aliphatic carbocycles. The van der Waals surface area contributed by atoms with Crippen molar-refractivity contribution in [3.63, 3.8) is 0 Å². The Kier molecular flexibility index (Phi) is 4.26. The van der Waals surface area contributed by atoms with Gasteiger partial charge in [-0.1, -0.05) is 18.2 Å². The lowest BCUT2D eigenvalue weighted by Crippen LogP contribution is -2.42. The van der Waals surface area contributed by atoms with Gasteiger partial charge in [0.05, 0.1) is 17.8 Å². The fourth-order valence-corrected chi connectivity index (χ4v) is 4.80. The molecule has 3 heterocycles. The number of hydrogen-bond acceptors (Lipinski definition) is 4. The van der Waals surface area contributed by atoms with E-state index in [9.17, 15) is 9.90 Å². The number of aliphatic hydroxyl groups is 1. The molecule has 1 saturated heterocycles. The zero-order valence-electron chi connectivity index (χ0n) is 15.2. The molecule has 1 aliphatic heterocycles. The number of rotatable bonds is 2. The van der Waals surface area contributed by atoms with Gasteiger partial charge in [-0.05, 0) is 42.5 Å². The van der Waals surface area contributed by atoms with E-state index in [4.69, 9.17) is 0 Å². The summed E-state index contributed by atoms with van der Waals surface area (Å²) < 4.78 is 1.23. The van der Waals surface area contributed by atoms with E-state index in [1.54, 1.807) is 22.4 Å². The molecule has 0 atom stereocenters. The lowest BCUT2D eigenvalue weighted by Gasteiger charge is -2.29. The van der Waals surface area contributed by atoms with E-state index in [2.05, 4.69) is 33.7 Å². The maximum absolute atomic E-state index is 12.6. The van der Waals surface area contributed by atoms with Crippen LogP contribution in [0, 0.1) is 0 Å². The van der Waals surface area contributed by atoms with Gasteiger partial charge in [0.15, 0.2) is 0 Å². The van der Waals surface area contributed by atoms with Crippen LogP contribution < -0.4 is 5.32 Å². The SMILES string of the molecule is O=C(Nc1cc(-c2cc3ccccc3s2)c2[nH]ncc2c1)N1CCC(O)CC1. The molecule has 1 fully saturated rings. The molecule has 142 valence electrons. The topological polar surface area (TPSA) is 81.2 Å². The number of nitrogens with zero attached hydrogens (tertiary/aromatic N) is 2. The van der Waals surface area contributed by atoms with Crippen LogP contribution in [0.4, 0.5) is 10.5 Å². The van der Waals surface area contributed by atoms with Crippen LogP contribution in [0.15, 0.2) is 48.7 Å². The molecule has 0 saturated carbocycles. The summed E-state index contributed by atoms with van der Waals surface area (Å²) in [4.78, 5) is 15.5. The van der Waals surface area contributed by atoms with Crippen LogP contribution in [0.3, 0.4) is 0 Å². The number of hydrogen-bond donors (Lipinski definition) is 3. The number of thiophene rings is 1. The number of fused-ring (bicyclic) bond motifs is 2. The van der Waals surface area contributed by atoms with Crippen molar-refractivity contribution in [1.29, 1.82) is 0 Å². The number of benzene rings is 2. The summed E-state index contributed by atoms with van der Waals surface area (Å²) in [5.74, 6) is 0. The van der Waals surface area contributed by atoms with Crippen molar-refractivity contribution in [3.05, 3.63) is 48.7 Å². The number of aliphatic hydroxyl groups excluding tert-OH is 1. The third-order valence-corrected chi connectivity index (χ3v) is 6.39. The van der Waals surface area contributed by atoms with Crippen molar-refractivity contribution in [2.75, 3.05) is 18.4 Å². The Labute approximate surface area is 165 Å². The summed E-state index contributed by atoms with van der Waals surface area (Å²) in [6.07, 6.45) is 2.73. The van der Waals surface area contributed by atoms with E-state index >= 15 is 0 Å². The Morgan fingerprint density at radius 1 is 1.18 bits per heavy atom. The second kappa shape index (κ2) is 6.92. The summed E-state index contributed by atoms with van der Waals surface area (Å²) >= 11 is 1.73. The molecule has 4 aromatic rings. The number of aromatic nitrogens is 2. The number of urea groups is 1. The Balaban J connectivity index is 1.50. The molecule has 6 nitrogen and oxygen atoms in total. The normalized spacial score (nSPS) is 15.4. The maximum Gasteiger partial charge on any atom is 0.321 e. The van der Waals surface area contributed by atoms with Crippen LogP contribution in [-0.2, 0) is 0 Å². The van der Waals surface area contributed by atoms with Crippen LogP contribution in [0.2, 0.25) is 0 Å². The first-order valence-electron chi connectivity index (χ1n) is 9.37. The highest BCUT2D eigenvalue weighted by atomic mass is 32.1. The van der Waals surface area contributed by atoms with Crippen molar-refractivity contribution < 1.29 is 9.90 Å². The van der Waals surface area contributed by atoms with Crippen LogP contribution in [0.1, 0.15) is 12.8 Å². The van der Waals surface area contributed by atoms with Crippen molar-refractivity contribution in [2.45, 2.75) is 18.9 Å². The maximum atomic E-state index is 12.6. The highest BCUT2D eigenvalue weighted by molar-refractivity contribution is 7.22. The molecule has 0 unspecified atom stereocenters. The van der Waals surface area contributed by atoms with Gasteiger partial charge >= 0.3 is 6.03 Å². The molecule has 0 spiro atoms. The fraction of sp³-hybridized carbons (Fsp3) is 0.238. The number of aromatic amines is 1. The standard InChI is InChI=1S/C21H20N4O2S/c26-16-5-7-25(8-6-16)21(27)23-15-9-14-12-22-24-20(14)17(11-15)19-10-13-3-1-2-4-18(13)28-19/h1-4,9-12,16,26H,5-8H2,(H,22,24)(H,23,27). The molecule has 1 aliphatic rings. The van der Waals surface area contributed by atoms with E-state index in [1.165, 1.54) is 10.1 Å². The lowest BCUT2D eigenvalue weighted by atomic mass is 10.1. The molecule has 7 heteroatoms. The second-order valence-electron chi connectivity index (χ2n) is 7.15. The summed E-state index contributed by atoms with van der Waals surface area (Å²) in [7, 11) is 0. The lowest BCUT2D eigenvalue weighted by molar-refractivity contribution is 0.0972. The van der Waals surface area contributed by atoms with E-state index in [-0.39, 0.29) is 12.1 Å². The van der Waals surface area contributed by atoms with E-state index < -0.39 is 0 Å². The van der Waals surface area contributed by atoms with Crippen LogP contribution in [0.25, 0.3) is 31.4 Å². The number of likely N-dealkylation sites (tertiary alicyclic amines) is 1. The van der Waals surface area contributed by atoms with Crippen molar-refractivity contribution in [3.8, 4) is 10.4 Å². The Morgan fingerprint density at radius 3 is 2.82 bits per heavy atom.